The molecule has 19 heavy (non-hydrogen) atoms. The first-order chi connectivity index (χ1) is 9.15. The quantitative estimate of drug-likeness (QED) is 0.823. The van der Waals surface area contributed by atoms with Crippen LogP contribution in [0.1, 0.15) is 11.3 Å². The highest BCUT2D eigenvalue weighted by Gasteiger charge is 1.99. The number of hydrogen-bond donors (Lipinski definition) is 2. The van der Waals surface area contributed by atoms with Gasteiger partial charge in [0, 0.05) is 6.54 Å². The lowest BCUT2D eigenvalue weighted by atomic mass is 10.1. The molecule has 0 aliphatic heterocycles. The number of nitrogens with two attached hydrogens (primary N) is 1. The molecule has 0 aliphatic rings. The number of thiocarbonyl (C=S) groups is 1. The number of halogens is 1. The molecule has 5 heteroatoms. The highest BCUT2D eigenvalue weighted by atomic mass is 32.1. The predicted octanol–water partition coefficient (Wildman–Crippen LogP) is 2.51. The molecule has 0 atom stereocenters. The summed E-state index contributed by atoms with van der Waals surface area (Å²) in [6.45, 7) is 0.706. The number of aromatic nitrogens is 1. The van der Waals surface area contributed by atoms with Gasteiger partial charge in [-0.05, 0) is 36.2 Å². The van der Waals surface area contributed by atoms with Gasteiger partial charge in [-0.3, -0.25) is 4.98 Å². The normalized spacial score (nSPS) is 10.2. The van der Waals surface area contributed by atoms with E-state index < -0.39 is 0 Å². The number of nitrogens with zero attached hydrogens (tertiary/aromatic N) is 1. The van der Waals surface area contributed by atoms with Crippen LogP contribution in [0.5, 0.6) is 0 Å². The van der Waals surface area contributed by atoms with Gasteiger partial charge < -0.3 is 11.1 Å². The number of rotatable bonds is 5. The van der Waals surface area contributed by atoms with Crippen LogP contribution in [0.4, 0.5) is 10.1 Å². The summed E-state index contributed by atoms with van der Waals surface area (Å²) in [5, 5.41) is 3.21. The van der Waals surface area contributed by atoms with Crippen LogP contribution in [0.15, 0.2) is 42.6 Å². The fourth-order valence-corrected chi connectivity index (χ4v) is 1.81. The Kier molecular flexibility index (Phi) is 4.41. The molecular weight excluding hydrogens is 261 g/mol. The van der Waals surface area contributed by atoms with E-state index in [1.165, 1.54) is 12.1 Å². The average Bonchev–Trinajstić information content (AvgIpc) is 2.39. The number of benzene rings is 1. The van der Waals surface area contributed by atoms with Crippen LogP contribution >= 0.6 is 12.2 Å². The Morgan fingerprint density at radius 2 is 2.16 bits per heavy atom. The van der Waals surface area contributed by atoms with Gasteiger partial charge in [-0.15, -0.1) is 0 Å². The highest BCUT2D eigenvalue weighted by Crippen LogP contribution is 2.08. The molecule has 3 nitrogen and oxygen atoms in total. The molecule has 2 aromatic rings. The van der Waals surface area contributed by atoms with Crippen molar-refractivity contribution in [3.63, 3.8) is 0 Å². The third kappa shape index (κ3) is 3.99. The Balaban J connectivity index is 1.87. The molecule has 0 saturated carbocycles. The maximum atomic E-state index is 13.0. The zero-order chi connectivity index (χ0) is 13.7. The van der Waals surface area contributed by atoms with E-state index in [4.69, 9.17) is 18.0 Å². The van der Waals surface area contributed by atoms with E-state index >= 15 is 0 Å². The van der Waals surface area contributed by atoms with Gasteiger partial charge in [0.05, 0.1) is 17.6 Å². The van der Waals surface area contributed by atoms with Gasteiger partial charge in [0.1, 0.15) is 10.8 Å². The minimum absolute atomic E-state index is 0.208. The summed E-state index contributed by atoms with van der Waals surface area (Å²) < 4.78 is 13.0. The van der Waals surface area contributed by atoms with Gasteiger partial charge in [0.2, 0.25) is 0 Å². The van der Waals surface area contributed by atoms with Crippen LogP contribution in [0, 0.1) is 5.82 Å². The summed E-state index contributed by atoms with van der Waals surface area (Å²) in [5.74, 6) is -0.208. The minimum atomic E-state index is -0.208. The van der Waals surface area contributed by atoms with Gasteiger partial charge in [-0.1, -0.05) is 24.4 Å². The van der Waals surface area contributed by atoms with Crippen molar-refractivity contribution in [2.24, 2.45) is 5.73 Å². The van der Waals surface area contributed by atoms with E-state index in [1.54, 1.807) is 18.3 Å². The van der Waals surface area contributed by atoms with Crippen LogP contribution in [-0.2, 0) is 6.42 Å². The summed E-state index contributed by atoms with van der Waals surface area (Å²) in [6.07, 6.45) is 2.43. The third-order valence-electron chi connectivity index (χ3n) is 2.65. The Bertz CT molecular complexity index is 569. The molecule has 2 rings (SSSR count). The van der Waals surface area contributed by atoms with E-state index in [0.717, 1.165) is 17.7 Å². The molecule has 0 saturated heterocycles. The van der Waals surface area contributed by atoms with E-state index in [1.807, 2.05) is 12.1 Å². The van der Waals surface area contributed by atoms with E-state index in [9.17, 15) is 4.39 Å². The highest BCUT2D eigenvalue weighted by molar-refractivity contribution is 7.80. The van der Waals surface area contributed by atoms with Gasteiger partial charge in [-0.2, -0.15) is 0 Å². The van der Waals surface area contributed by atoms with Crippen LogP contribution in [0.3, 0.4) is 0 Å². The minimum Gasteiger partial charge on any atom is -0.388 e. The number of anilines is 1. The fourth-order valence-electron chi connectivity index (χ4n) is 1.69. The Hall–Kier alpha value is -2.01. The zero-order valence-corrected chi connectivity index (χ0v) is 11.1. The smallest absolute Gasteiger partial charge is 0.123 e. The second-order valence-electron chi connectivity index (χ2n) is 4.10. The molecule has 0 aliphatic carbocycles. The van der Waals surface area contributed by atoms with Crippen molar-refractivity contribution in [3.8, 4) is 0 Å². The second-order valence-corrected chi connectivity index (χ2v) is 4.54. The first kappa shape index (κ1) is 13.4. The van der Waals surface area contributed by atoms with Gasteiger partial charge in [0.25, 0.3) is 0 Å². The van der Waals surface area contributed by atoms with Gasteiger partial charge in [-0.25, -0.2) is 4.39 Å². The molecule has 98 valence electrons. The Morgan fingerprint density at radius 3 is 2.79 bits per heavy atom. The summed E-state index contributed by atoms with van der Waals surface area (Å²) in [6, 6.07) is 10.2. The van der Waals surface area contributed by atoms with E-state index in [0.29, 0.717) is 12.2 Å². The fraction of sp³-hybridized carbons (Fsp3) is 0.143. The van der Waals surface area contributed by atoms with Crippen LogP contribution < -0.4 is 11.1 Å². The van der Waals surface area contributed by atoms with E-state index in [2.05, 4.69) is 10.3 Å². The third-order valence-corrected chi connectivity index (χ3v) is 2.86. The molecule has 0 spiro atoms. The SMILES string of the molecule is NC(=S)c1ccc(NCCc2cccc(F)c2)cn1. The predicted molar refractivity (Wildman–Crippen MR) is 78.7 cm³/mol. The van der Waals surface area contributed by atoms with Crippen molar-refractivity contribution < 1.29 is 4.39 Å². The lowest BCUT2D eigenvalue weighted by Gasteiger charge is -2.07. The molecule has 0 radical (unpaired) electrons. The van der Waals surface area contributed by atoms with Gasteiger partial charge in [0.15, 0.2) is 0 Å². The molecule has 1 aromatic heterocycles. The van der Waals surface area contributed by atoms with Crippen molar-refractivity contribution in [1.29, 1.82) is 0 Å². The average molecular weight is 275 g/mol. The molecule has 3 N–H and O–H groups in total. The Labute approximate surface area is 116 Å². The van der Waals surface area contributed by atoms with Crippen molar-refractivity contribution in [2.45, 2.75) is 6.42 Å². The molecule has 0 amide bonds. The largest absolute Gasteiger partial charge is 0.388 e. The molecule has 0 unspecified atom stereocenters. The molecule has 0 bridgehead atoms. The van der Waals surface area contributed by atoms with Crippen LogP contribution in [0.25, 0.3) is 0 Å². The summed E-state index contributed by atoms with van der Waals surface area (Å²) >= 11 is 4.83. The van der Waals surface area contributed by atoms with Gasteiger partial charge >= 0.3 is 0 Å². The maximum Gasteiger partial charge on any atom is 0.123 e. The summed E-state index contributed by atoms with van der Waals surface area (Å²) in [5.41, 5.74) is 7.91. The second kappa shape index (κ2) is 6.24. The van der Waals surface area contributed by atoms with Crippen molar-refractivity contribution in [1.82, 2.24) is 4.98 Å². The number of nitrogens with one attached hydrogen (secondary N) is 1. The standard InChI is InChI=1S/C14H14FN3S/c15-11-3-1-2-10(8-11)6-7-17-12-4-5-13(14(16)19)18-9-12/h1-5,8-9,17H,6-7H2,(H2,16,19). The maximum absolute atomic E-state index is 13.0. The van der Waals surface area contributed by atoms with Crippen LogP contribution in [-0.4, -0.2) is 16.5 Å². The zero-order valence-electron chi connectivity index (χ0n) is 10.3. The van der Waals surface area contributed by atoms with Crippen LogP contribution in [0.2, 0.25) is 0 Å². The molecular formula is C14H14FN3S. The monoisotopic (exact) mass is 275 g/mol. The summed E-state index contributed by atoms with van der Waals surface area (Å²) in [7, 11) is 0. The van der Waals surface area contributed by atoms with Crippen molar-refractivity contribution in [3.05, 3.63) is 59.7 Å². The summed E-state index contributed by atoms with van der Waals surface area (Å²) in [4.78, 5) is 4.41. The lowest BCUT2D eigenvalue weighted by molar-refractivity contribution is 0.625. The molecule has 1 heterocycles. The Morgan fingerprint density at radius 1 is 1.32 bits per heavy atom. The molecule has 0 fully saturated rings. The van der Waals surface area contributed by atoms with Crippen molar-refractivity contribution in [2.75, 3.05) is 11.9 Å². The molecule has 1 aromatic carbocycles. The van der Waals surface area contributed by atoms with E-state index in [-0.39, 0.29) is 10.8 Å². The first-order valence-electron chi connectivity index (χ1n) is 5.89. The first-order valence-corrected chi connectivity index (χ1v) is 6.30. The lowest BCUT2D eigenvalue weighted by Crippen LogP contribution is -2.12. The number of hydrogen-bond acceptors (Lipinski definition) is 3. The van der Waals surface area contributed by atoms with Crippen molar-refractivity contribution >= 4 is 22.9 Å². The topological polar surface area (TPSA) is 50.9 Å². The number of pyridine rings is 1.